The lowest BCUT2D eigenvalue weighted by atomic mass is 10.0. The van der Waals surface area contributed by atoms with Crippen LogP contribution in [-0.4, -0.2) is 46.9 Å². The van der Waals surface area contributed by atoms with Gasteiger partial charge in [0.2, 0.25) is 0 Å². The Hall–Kier alpha value is -0.160. The second-order valence-corrected chi connectivity index (χ2v) is 29.1. The summed E-state index contributed by atoms with van der Waals surface area (Å²) in [5, 5.41) is 34.8. The Balaban J connectivity index is -0.000000553. The molecule has 0 aromatic rings. The van der Waals surface area contributed by atoms with Crippen LogP contribution in [0.1, 0.15) is 529 Å². The molecule has 0 saturated heterocycles. The molecule has 0 spiro atoms. The van der Waals surface area contributed by atoms with Crippen molar-refractivity contribution in [2.75, 3.05) is 26.4 Å². The zero-order chi connectivity index (χ0) is 66.0. The number of aliphatic hydroxyl groups excluding tert-OH is 4. The average Bonchev–Trinajstić information content (AvgIpc) is 3.56. The molecule has 0 amide bonds. The maximum atomic E-state index is 8.72. The molecule has 4 heteroatoms. The van der Waals surface area contributed by atoms with E-state index in [1.54, 1.807) is 0 Å². The molecule has 0 rings (SSSR count). The van der Waals surface area contributed by atoms with Gasteiger partial charge in [0.15, 0.2) is 0 Å². The summed E-state index contributed by atoms with van der Waals surface area (Å²) in [4.78, 5) is 0. The van der Waals surface area contributed by atoms with Crippen molar-refractivity contribution in [3.05, 3.63) is 0 Å². The first kappa shape index (κ1) is 96.2. The van der Waals surface area contributed by atoms with Gasteiger partial charge in [0.05, 0.1) is 0 Å². The number of hydrogen-bond donors (Lipinski definition) is 4. The lowest BCUT2D eigenvalue weighted by Gasteiger charge is -2.04. The molecular formula is C86H180O4. The van der Waals surface area contributed by atoms with Crippen LogP contribution in [0, 0.1) is 0 Å². The highest BCUT2D eigenvalue weighted by Crippen LogP contribution is 2.20. The highest BCUT2D eigenvalue weighted by Gasteiger charge is 2.01. The van der Waals surface area contributed by atoms with E-state index >= 15 is 0 Å². The van der Waals surface area contributed by atoms with E-state index in [2.05, 4.69) is 27.7 Å². The van der Waals surface area contributed by atoms with E-state index in [-0.39, 0.29) is 0 Å². The van der Waals surface area contributed by atoms with Crippen LogP contribution in [-0.2, 0) is 0 Å². The van der Waals surface area contributed by atoms with Gasteiger partial charge in [0.25, 0.3) is 0 Å². The van der Waals surface area contributed by atoms with Crippen LogP contribution < -0.4 is 0 Å². The lowest BCUT2D eigenvalue weighted by Crippen LogP contribution is -1.85. The quantitative estimate of drug-likeness (QED) is 0.0458. The third kappa shape index (κ3) is 109. The molecule has 0 aliphatic heterocycles. The zero-order valence-corrected chi connectivity index (χ0v) is 63.8. The maximum absolute atomic E-state index is 8.72. The summed E-state index contributed by atoms with van der Waals surface area (Å²) < 4.78 is 0. The molecule has 0 aromatic carbocycles. The van der Waals surface area contributed by atoms with Gasteiger partial charge in [0, 0.05) is 26.4 Å². The second kappa shape index (κ2) is 102. The van der Waals surface area contributed by atoms with Crippen LogP contribution in [0.2, 0.25) is 0 Å². The van der Waals surface area contributed by atoms with Crippen molar-refractivity contribution in [3.63, 3.8) is 0 Å². The van der Waals surface area contributed by atoms with Crippen molar-refractivity contribution >= 4 is 0 Å². The second-order valence-electron chi connectivity index (χ2n) is 29.1. The van der Waals surface area contributed by atoms with Crippen LogP contribution in [0.25, 0.3) is 0 Å². The Morgan fingerprint density at radius 1 is 0.0889 bits per heavy atom. The summed E-state index contributed by atoms with van der Waals surface area (Å²) >= 11 is 0. The van der Waals surface area contributed by atoms with Gasteiger partial charge in [-0.25, -0.2) is 0 Å². The highest BCUT2D eigenvalue weighted by molar-refractivity contribution is 4.56. The third-order valence-electron chi connectivity index (χ3n) is 19.5. The van der Waals surface area contributed by atoms with Gasteiger partial charge in [-0.2, -0.15) is 0 Å². The Labute approximate surface area is 572 Å². The topological polar surface area (TPSA) is 80.9 Å². The first-order valence-corrected chi connectivity index (χ1v) is 43.1. The van der Waals surface area contributed by atoms with Gasteiger partial charge in [-0.3, -0.25) is 0 Å². The molecule has 0 saturated carbocycles. The largest absolute Gasteiger partial charge is 0.396 e. The molecule has 0 atom stereocenters. The lowest BCUT2D eigenvalue weighted by molar-refractivity contribution is 0.282. The molecular weight excluding hydrogens is 1100 g/mol. The minimum absolute atomic E-state index is 0.373. The molecule has 0 radical (unpaired) electrons. The average molecular weight is 1280 g/mol. The molecule has 4 nitrogen and oxygen atoms in total. The normalized spacial score (nSPS) is 11.2. The van der Waals surface area contributed by atoms with Gasteiger partial charge >= 0.3 is 0 Å². The predicted molar refractivity (Wildman–Crippen MR) is 411 cm³/mol. The van der Waals surface area contributed by atoms with Crippen molar-refractivity contribution in [1.82, 2.24) is 0 Å². The standard InChI is InChI=1S/C24H50O.2C23H48O.C16H34O/c1-2-3-4-5-6-7-8-9-10-11-12-13-14-15-16-17-18-19-20-21-22-23-24-25;2*1-2-3-4-5-6-7-8-9-10-11-12-13-14-15-16-17-18-19-20-21-22-23-24;1-2-3-4-5-6-7-8-9-10-11-12-13-14-15-16-17/h25H,2-24H2,1H3;2*24H,2-23H2,1H3;17H,2-16H2,1H3. The molecule has 0 aromatic heterocycles. The molecule has 0 fully saturated rings. The SMILES string of the molecule is CCCCCCCCCCCCCCCCCCCCCCCCO.CCCCCCCCCCCCCCCCCCCCCCCO.CCCCCCCCCCCCCCCCCCCCCCCO.CCCCCCCCCCCCCCCCO. The Kier molecular flexibility index (Phi) is 109. The van der Waals surface area contributed by atoms with E-state index in [1.807, 2.05) is 0 Å². The van der Waals surface area contributed by atoms with Crippen LogP contribution in [0.15, 0.2) is 0 Å². The van der Waals surface area contributed by atoms with Crippen LogP contribution in [0.4, 0.5) is 0 Å². The van der Waals surface area contributed by atoms with E-state index in [9.17, 15) is 0 Å². The summed E-state index contributed by atoms with van der Waals surface area (Å²) in [5.74, 6) is 0. The minimum Gasteiger partial charge on any atom is -0.396 e. The van der Waals surface area contributed by atoms with Crippen LogP contribution in [0.5, 0.6) is 0 Å². The number of hydrogen-bond acceptors (Lipinski definition) is 4. The zero-order valence-electron chi connectivity index (χ0n) is 63.8. The van der Waals surface area contributed by atoms with Gasteiger partial charge in [-0.05, 0) is 25.7 Å². The summed E-state index contributed by atoms with van der Waals surface area (Å²) in [6.45, 7) is 10.7. The Morgan fingerprint density at radius 3 is 0.200 bits per heavy atom. The number of aliphatic hydroxyl groups is 4. The molecule has 0 aliphatic carbocycles. The summed E-state index contributed by atoms with van der Waals surface area (Å²) in [7, 11) is 0. The minimum atomic E-state index is 0.373. The number of rotatable bonds is 78. The molecule has 90 heavy (non-hydrogen) atoms. The van der Waals surface area contributed by atoms with Crippen molar-refractivity contribution in [2.24, 2.45) is 0 Å². The van der Waals surface area contributed by atoms with Crippen molar-refractivity contribution < 1.29 is 20.4 Å². The van der Waals surface area contributed by atoms with E-state index in [1.165, 1.54) is 475 Å². The molecule has 0 unspecified atom stereocenters. The predicted octanol–water partition coefficient (Wildman–Crippen LogP) is 30.4. The van der Waals surface area contributed by atoms with E-state index in [0.29, 0.717) is 26.4 Å². The van der Waals surface area contributed by atoms with Gasteiger partial charge in [-0.1, -0.05) is 503 Å². The third-order valence-corrected chi connectivity index (χ3v) is 19.5. The molecule has 4 N–H and O–H groups in total. The molecule has 0 aliphatic rings. The van der Waals surface area contributed by atoms with E-state index in [4.69, 9.17) is 20.4 Å². The molecule has 548 valence electrons. The maximum Gasteiger partial charge on any atom is 0.0431 e. The first-order chi connectivity index (χ1) is 44.7. The van der Waals surface area contributed by atoms with Crippen LogP contribution >= 0.6 is 0 Å². The van der Waals surface area contributed by atoms with Gasteiger partial charge in [0.1, 0.15) is 0 Å². The summed E-state index contributed by atoms with van der Waals surface area (Å²) in [6, 6.07) is 0. The van der Waals surface area contributed by atoms with Crippen LogP contribution in [0.3, 0.4) is 0 Å². The fraction of sp³-hybridized carbons (Fsp3) is 1.00. The monoisotopic (exact) mass is 1280 g/mol. The summed E-state index contributed by atoms with van der Waals surface area (Å²) in [6.07, 6.45) is 110. The highest BCUT2D eigenvalue weighted by atomic mass is 16.3. The fourth-order valence-electron chi connectivity index (χ4n) is 13.1. The van der Waals surface area contributed by atoms with Crippen molar-refractivity contribution in [2.45, 2.75) is 529 Å². The smallest absolute Gasteiger partial charge is 0.0431 e. The van der Waals surface area contributed by atoms with Crippen molar-refractivity contribution in [1.29, 1.82) is 0 Å². The van der Waals surface area contributed by atoms with Crippen molar-refractivity contribution in [3.8, 4) is 0 Å². The van der Waals surface area contributed by atoms with Gasteiger partial charge < -0.3 is 20.4 Å². The van der Waals surface area contributed by atoms with Gasteiger partial charge in [-0.15, -0.1) is 0 Å². The molecule has 0 heterocycles. The Morgan fingerprint density at radius 2 is 0.144 bits per heavy atom. The van der Waals surface area contributed by atoms with E-state index < -0.39 is 0 Å². The Bertz CT molecular complexity index is 942. The molecule has 0 bridgehead atoms. The first-order valence-electron chi connectivity index (χ1n) is 43.1. The summed E-state index contributed by atoms with van der Waals surface area (Å²) in [5.41, 5.74) is 0. The fourth-order valence-corrected chi connectivity index (χ4v) is 13.1. The number of unbranched alkanes of at least 4 members (excludes halogenated alkanes) is 74. The van der Waals surface area contributed by atoms with E-state index in [0.717, 1.165) is 25.7 Å².